The van der Waals surface area contributed by atoms with Gasteiger partial charge >= 0.3 is 0 Å². The van der Waals surface area contributed by atoms with E-state index in [1.165, 1.54) is 12.1 Å². The van der Waals surface area contributed by atoms with Gasteiger partial charge in [-0.05, 0) is 59.7 Å². The van der Waals surface area contributed by atoms with Gasteiger partial charge in [-0.1, -0.05) is 55.4 Å². The van der Waals surface area contributed by atoms with Gasteiger partial charge in [-0.2, -0.15) is 0 Å². The monoisotopic (exact) mass is 540 g/mol. The Labute approximate surface area is 226 Å². The number of benzene rings is 3. The van der Waals surface area contributed by atoms with Crippen LogP contribution in [0.4, 0.5) is 4.39 Å². The molecule has 0 bridgehead atoms. The smallest absolute Gasteiger partial charge is 0.172 e. The highest BCUT2D eigenvalue weighted by molar-refractivity contribution is 7.99. The lowest BCUT2D eigenvalue weighted by molar-refractivity contribution is 0.136. The quantitative estimate of drug-likeness (QED) is 0.147. The van der Waals surface area contributed by atoms with Gasteiger partial charge in [0.1, 0.15) is 5.82 Å². The highest BCUT2D eigenvalue weighted by atomic mass is 35.5. The highest BCUT2D eigenvalue weighted by Crippen LogP contribution is 2.39. The summed E-state index contributed by atoms with van der Waals surface area (Å²) in [5.41, 5.74) is 3.43. The minimum Gasteiger partial charge on any atom is -0.493 e. The Morgan fingerprint density at radius 3 is 2.43 bits per heavy atom. The number of ether oxygens (including phenoxy) is 3. The number of halogens is 2. The molecule has 194 valence electrons. The lowest BCUT2D eigenvalue weighted by Crippen LogP contribution is -2.23. The normalized spacial score (nSPS) is 11.5. The fourth-order valence-electron chi connectivity index (χ4n) is 4.10. The summed E-state index contributed by atoms with van der Waals surface area (Å²) >= 11 is 7.65. The standard InChI is InChI=1S/C29H30ClFN2O3S/c1-29(2,21-8-13-25(34-3)26(17-21)35-4)27-18-32-28(33(27)24-11-9-23(31)10-12-24)37-15-14-36-19-20-6-5-7-22(30)16-20/h5-13,16-18H,14-15,19H2,1-4H3. The van der Waals surface area contributed by atoms with Crippen LogP contribution in [0.3, 0.4) is 0 Å². The largest absolute Gasteiger partial charge is 0.493 e. The summed E-state index contributed by atoms with van der Waals surface area (Å²) in [6, 6.07) is 20.0. The molecular formula is C29H30ClFN2O3S. The maximum atomic E-state index is 13.8. The van der Waals surface area contributed by atoms with Gasteiger partial charge in [-0.3, -0.25) is 4.57 Å². The van der Waals surface area contributed by atoms with Crippen LogP contribution >= 0.6 is 23.4 Å². The van der Waals surface area contributed by atoms with Crippen molar-refractivity contribution in [2.75, 3.05) is 26.6 Å². The van der Waals surface area contributed by atoms with E-state index in [9.17, 15) is 4.39 Å². The average molecular weight is 541 g/mol. The third-order valence-corrected chi connectivity index (χ3v) is 7.33. The number of hydrogen-bond acceptors (Lipinski definition) is 5. The average Bonchev–Trinajstić information content (AvgIpc) is 3.33. The topological polar surface area (TPSA) is 45.5 Å². The predicted octanol–water partition coefficient (Wildman–Crippen LogP) is 7.32. The molecule has 0 N–H and O–H groups in total. The van der Waals surface area contributed by atoms with E-state index >= 15 is 0 Å². The molecule has 0 atom stereocenters. The van der Waals surface area contributed by atoms with Crippen LogP contribution < -0.4 is 9.47 Å². The van der Waals surface area contributed by atoms with Gasteiger partial charge in [-0.25, -0.2) is 9.37 Å². The first-order valence-corrected chi connectivity index (χ1v) is 13.2. The fraction of sp³-hybridized carbons (Fsp3) is 0.276. The van der Waals surface area contributed by atoms with Crippen molar-refractivity contribution in [2.45, 2.75) is 31.0 Å². The van der Waals surface area contributed by atoms with E-state index in [-0.39, 0.29) is 5.82 Å². The number of imidazole rings is 1. The molecule has 8 heteroatoms. The molecule has 0 amide bonds. The molecule has 0 saturated heterocycles. The van der Waals surface area contributed by atoms with E-state index in [0.717, 1.165) is 27.7 Å². The first kappa shape index (κ1) is 27.0. The summed E-state index contributed by atoms with van der Waals surface area (Å²) in [4.78, 5) is 4.75. The Kier molecular flexibility index (Phi) is 8.79. The van der Waals surface area contributed by atoms with Crippen LogP contribution in [0.15, 0.2) is 78.1 Å². The van der Waals surface area contributed by atoms with Crippen LogP contribution in [-0.2, 0) is 16.8 Å². The molecule has 0 aliphatic carbocycles. The zero-order valence-electron chi connectivity index (χ0n) is 21.3. The van der Waals surface area contributed by atoms with Crippen molar-refractivity contribution in [2.24, 2.45) is 0 Å². The molecule has 37 heavy (non-hydrogen) atoms. The fourth-order valence-corrected chi connectivity index (χ4v) is 5.16. The van der Waals surface area contributed by atoms with Gasteiger partial charge in [-0.15, -0.1) is 0 Å². The number of rotatable bonds is 11. The van der Waals surface area contributed by atoms with Crippen LogP contribution in [0, 0.1) is 5.82 Å². The van der Waals surface area contributed by atoms with Crippen LogP contribution in [0.5, 0.6) is 11.5 Å². The van der Waals surface area contributed by atoms with Gasteiger partial charge in [0.25, 0.3) is 0 Å². The minimum absolute atomic E-state index is 0.284. The van der Waals surface area contributed by atoms with E-state index in [2.05, 4.69) is 18.4 Å². The molecule has 4 rings (SSSR count). The Bertz CT molecular complexity index is 1340. The van der Waals surface area contributed by atoms with Crippen molar-refractivity contribution in [1.82, 2.24) is 9.55 Å². The second kappa shape index (κ2) is 12.0. The molecule has 0 saturated carbocycles. The van der Waals surface area contributed by atoms with Crippen LogP contribution in [0.1, 0.15) is 30.7 Å². The molecule has 1 heterocycles. The van der Waals surface area contributed by atoms with Gasteiger partial charge in [0.05, 0.1) is 39.3 Å². The van der Waals surface area contributed by atoms with Gasteiger partial charge < -0.3 is 14.2 Å². The Balaban J connectivity index is 1.58. The maximum Gasteiger partial charge on any atom is 0.172 e. The molecule has 1 aromatic heterocycles. The highest BCUT2D eigenvalue weighted by Gasteiger charge is 2.30. The molecule has 0 unspecified atom stereocenters. The van der Waals surface area contributed by atoms with Crippen molar-refractivity contribution < 1.29 is 18.6 Å². The molecule has 0 aliphatic heterocycles. The molecule has 0 fully saturated rings. The van der Waals surface area contributed by atoms with E-state index in [0.29, 0.717) is 35.5 Å². The number of methoxy groups -OCH3 is 2. The Morgan fingerprint density at radius 1 is 0.973 bits per heavy atom. The predicted molar refractivity (Wildman–Crippen MR) is 147 cm³/mol. The lowest BCUT2D eigenvalue weighted by Gasteiger charge is -2.28. The van der Waals surface area contributed by atoms with Crippen molar-refractivity contribution >= 4 is 23.4 Å². The first-order valence-electron chi connectivity index (χ1n) is 11.8. The summed E-state index contributed by atoms with van der Waals surface area (Å²) in [5, 5.41) is 1.50. The second-order valence-corrected chi connectivity index (χ2v) is 10.5. The number of aromatic nitrogens is 2. The third kappa shape index (κ3) is 6.29. The molecule has 0 spiro atoms. The lowest BCUT2D eigenvalue weighted by atomic mass is 9.81. The maximum absolute atomic E-state index is 13.8. The number of hydrogen-bond donors (Lipinski definition) is 0. The van der Waals surface area contributed by atoms with Crippen molar-refractivity contribution in [3.8, 4) is 17.2 Å². The molecule has 0 aliphatic rings. The van der Waals surface area contributed by atoms with Crippen LogP contribution in [-0.4, -0.2) is 36.1 Å². The second-order valence-electron chi connectivity index (χ2n) is 8.96. The van der Waals surface area contributed by atoms with E-state index in [1.54, 1.807) is 38.1 Å². The summed E-state index contributed by atoms with van der Waals surface area (Å²) in [6.45, 7) is 5.30. The summed E-state index contributed by atoms with van der Waals surface area (Å²) in [6.07, 6.45) is 1.88. The van der Waals surface area contributed by atoms with Gasteiger partial charge in [0, 0.05) is 21.9 Å². The van der Waals surface area contributed by atoms with Gasteiger partial charge in [0.2, 0.25) is 0 Å². The van der Waals surface area contributed by atoms with E-state index in [4.69, 9.17) is 30.8 Å². The SMILES string of the molecule is COc1ccc(C(C)(C)c2cnc(SCCOCc3cccc(Cl)c3)n2-c2ccc(F)cc2)cc1OC. The first-order chi connectivity index (χ1) is 17.8. The molecule has 4 aromatic rings. The zero-order valence-corrected chi connectivity index (χ0v) is 22.9. The third-order valence-electron chi connectivity index (χ3n) is 6.18. The summed E-state index contributed by atoms with van der Waals surface area (Å²) in [5.74, 6) is 1.75. The number of thioether (sulfide) groups is 1. The van der Waals surface area contributed by atoms with Crippen molar-refractivity contribution in [3.05, 3.63) is 101 Å². The minimum atomic E-state index is -0.442. The molecule has 5 nitrogen and oxygen atoms in total. The Morgan fingerprint density at radius 2 is 1.73 bits per heavy atom. The van der Waals surface area contributed by atoms with Crippen LogP contribution in [0.25, 0.3) is 5.69 Å². The number of nitrogens with zero attached hydrogens (tertiary/aromatic N) is 2. The van der Waals surface area contributed by atoms with E-state index < -0.39 is 5.41 Å². The van der Waals surface area contributed by atoms with Crippen LogP contribution in [0.2, 0.25) is 5.02 Å². The zero-order chi connectivity index (χ0) is 26.4. The summed E-state index contributed by atoms with van der Waals surface area (Å²) in [7, 11) is 3.25. The summed E-state index contributed by atoms with van der Waals surface area (Å²) < 4.78 is 32.7. The Hall–Kier alpha value is -3.00. The van der Waals surface area contributed by atoms with Crippen molar-refractivity contribution in [3.63, 3.8) is 0 Å². The molecule has 3 aromatic carbocycles. The van der Waals surface area contributed by atoms with Gasteiger partial charge in [0.15, 0.2) is 16.7 Å². The molecule has 0 radical (unpaired) electrons. The molecular weight excluding hydrogens is 511 g/mol. The van der Waals surface area contributed by atoms with E-state index in [1.807, 2.05) is 48.7 Å². The van der Waals surface area contributed by atoms with Crippen molar-refractivity contribution in [1.29, 1.82) is 0 Å².